The molecule has 6 heteroatoms. The maximum atomic E-state index is 14.1. The molecule has 0 saturated carbocycles. The van der Waals surface area contributed by atoms with E-state index in [0.717, 1.165) is 21.7 Å². The second-order valence-electron chi connectivity index (χ2n) is 18.6. The highest BCUT2D eigenvalue weighted by Crippen LogP contribution is 2.48. The van der Waals surface area contributed by atoms with E-state index in [0.29, 0.717) is 11.5 Å². The number of aryl methyl sites for hydroxylation is 8. The minimum absolute atomic E-state index is 0.348. The smallest absolute Gasteiger partial charge is 0.316 e. The summed E-state index contributed by atoms with van der Waals surface area (Å²) in [5.74, 6) is 0.175. The number of benzene rings is 6. The molecule has 0 bridgehead atoms. The summed E-state index contributed by atoms with van der Waals surface area (Å²) in [4.78, 5) is 28.2. The molecule has 0 atom stereocenters. The monoisotopic (exact) mass is 834 g/mol. The first-order chi connectivity index (χ1) is 28.1. The molecule has 0 heterocycles. The third-order valence-electron chi connectivity index (χ3n) is 10.2. The zero-order valence-corrected chi connectivity index (χ0v) is 39.7. The molecule has 4 nitrogen and oxygen atoms in total. The highest BCUT2D eigenvalue weighted by Gasteiger charge is 2.34. The molecule has 0 spiro atoms. The molecule has 6 rings (SSSR count). The molecule has 60 heavy (non-hydrogen) atoms. The van der Waals surface area contributed by atoms with E-state index < -0.39 is 26.7 Å². The summed E-state index contributed by atoms with van der Waals surface area (Å²) in [7, 11) is -2.53. The van der Waals surface area contributed by atoms with Gasteiger partial charge in [0.2, 0.25) is 0 Å². The Kier molecular flexibility index (Phi) is 13.1. The number of ether oxygens (including phenoxy) is 2. The molecule has 0 unspecified atom stereocenters. The van der Waals surface area contributed by atoms with E-state index in [1.165, 1.54) is 65.7 Å². The molecule has 6 aromatic carbocycles. The van der Waals surface area contributed by atoms with Gasteiger partial charge >= 0.3 is 11.9 Å². The van der Waals surface area contributed by atoms with Crippen molar-refractivity contribution in [3.05, 3.63) is 154 Å². The zero-order valence-electron chi connectivity index (χ0n) is 37.9. The topological polar surface area (TPSA) is 52.6 Å². The van der Waals surface area contributed by atoms with Crippen LogP contribution in [0.3, 0.4) is 0 Å². The number of carbonyl (C=O) groups is 2. The van der Waals surface area contributed by atoms with Gasteiger partial charge in [-0.15, -0.1) is 0 Å². The van der Waals surface area contributed by atoms with Crippen molar-refractivity contribution < 1.29 is 19.1 Å². The van der Waals surface area contributed by atoms with Gasteiger partial charge in [0.15, 0.2) is 0 Å². The maximum Gasteiger partial charge on any atom is 0.316 e. The van der Waals surface area contributed by atoms with E-state index in [-0.39, 0.29) is 11.9 Å². The van der Waals surface area contributed by atoms with Crippen LogP contribution < -0.4 is 41.3 Å². The summed E-state index contributed by atoms with van der Waals surface area (Å²) in [6.45, 7) is 28.4. The van der Waals surface area contributed by atoms with E-state index in [1.807, 2.05) is 65.8 Å². The molecule has 0 aliphatic rings. The van der Waals surface area contributed by atoms with E-state index in [2.05, 4.69) is 140 Å². The van der Waals surface area contributed by atoms with Crippen LogP contribution in [-0.4, -0.2) is 11.9 Å². The van der Waals surface area contributed by atoms with Crippen molar-refractivity contribution in [2.24, 2.45) is 10.8 Å². The van der Waals surface area contributed by atoms with Crippen molar-refractivity contribution in [1.29, 1.82) is 0 Å². The fourth-order valence-electron chi connectivity index (χ4n) is 7.76. The van der Waals surface area contributed by atoms with E-state index >= 15 is 0 Å². The summed E-state index contributed by atoms with van der Waals surface area (Å²) in [6, 6.07) is 39.4. The third kappa shape index (κ3) is 10.2. The summed E-state index contributed by atoms with van der Waals surface area (Å²) >= 11 is 0. The highest BCUT2D eigenvalue weighted by molar-refractivity contribution is 7.80. The SMILES string of the molecule is Cc1cc(C)cc(P(c2cc(C)cc(C)c2)c2cccc(OC(=O)C(C)(C)C)c2-c2c(OC(=O)C(C)(C)C)cccc2P(c2cc(C)cc(C)c2)c2cc(C)cc(C)c2)c1. The van der Waals surface area contributed by atoms with Crippen molar-refractivity contribution >= 4 is 59.6 Å². The summed E-state index contributed by atoms with van der Waals surface area (Å²) < 4.78 is 13.2. The Morgan fingerprint density at radius 3 is 0.833 bits per heavy atom. The van der Waals surface area contributed by atoms with E-state index in [4.69, 9.17) is 9.47 Å². The van der Waals surface area contributed by atoms with Gasteiger partial charge < -0.3 is 9.47 Å². The lowest BCUT2D eigenvalue weighted by molar-refractivity contribution is -0.143. The fraction of sp³-hybridized carbons (Fsp3) is 0.296. The van der Waals surface area contributed by atoms with Crippen LogP contribution in [0.15, 0.2) is 109 Å². The third-order valence-corrected chi connectivity index (χ3v) is 15.0. The Morgan fingerprint density at radius 2 is 0.617 bits per heavy atom. The average molecular weight is 835 g/mol. The van der Waals surface area contributed by atoms with Gasteiger partial charge in [-0.1, -0.05) is 142 Å². The molecule has 0 saturated heterocycles. The van der Waals surface area contributed by atoms with Gasteiger partial charge in [-0.05, 0) is 157 Å². The minimum Gasteiger partial charge on any atom is -0.425 e. The molecular formula is C54H60O4P2. The van der Waals surface area contributed by atoms with Gasteiger partial charge in [-0.3, -0.25) is 9.59 Å². The van der Waals surface area contributed by atoms with E-state index in [1.54, 1.807) is 0 Å². The molecule has 0 aliphatic carbocycles. The Morgan fingerprint density at radius 1 is 0.383 bits per heavy atom. The molecule has 0 fully saturated rings. The van der Waals surface area contributed by atoms with Crippen LogP contribution in [0.4, 0.5) is 0 Å². The second kappa shape index (κ2) is 17.6. The maximum absolute atomic E-state index is 14.1. The largest absolute Gasteiger partial charge is 0.425 e. The van der Waals surface area contributed by atoms with Crippen molar-refractivity contribution in [3.8, 4) is 22.6 Å². The van der Waals surface area contributed by atoms with Gasteiger partial charge in [0.05, 0.1) is 10.8 Å². The van der Waals surface area contributed by atoms with Gasteiger partial charge in [0, 0.05) is 11.1 Å². The van der Waals surface area contributed by atoms with Crippen LogP contribution >= 0.6 is 15.8 Å². The standard InChI is InChI=1S/C54H60O4P2/c1-33-21-34(2)26-41(25-33)59(42-27-35(3)22-36(4)28-42)47-19-15-17-45(57-51(55)53(9,10)11)49(47)50-46(58-52(56)54(12,13)14)18-16-20-48(50)60(43-29-37(5)23-38(6)30-43)44-31-39(7)24-40(8)32-44/h15-32H,1-14H3. The molecule has 0 aliphatic heterocycles. The molecule has 0 radical (unpaired) electrons. The van der Waals surface area contributed by atoms with Crippen molar-refractivity contribution in [1.82, 2.24) is 0 Å². The molecule has 0 amide bonds. The van der Waals surface area contributed by atoms with Gasteiger partial charge in [-0.2, -0.15) is 0 Å². The van der Waals surface area contributed by atoms with Crippen LogP contribution in [0.1, 0.15) is 86.1 Å². The van der Waals surface area contributed by atoms with Gasteiger partial charge in [-0.25, -0.2) is 0 Å². The quantitative estimate of drug-likeness (QED) is 0.0827. The van der Waals surface area contributed by atoms with Crippen molar-refractivity contribution in [3.63, 3.8) is 0 Å². The second-order valence-corrected chi connectivity index (χ2v) is 23.0. The molecule has 310 valence electrons. The number of hydrogen-bond acceptors (Lipinski definition) is 4. The van der Waals surface area contributed by atoms with Gasteiger partial charge in [0.25, 0.3) is 0 Å². The normalized spacial score (nSPS) is 11.9. The van der Waals surface area contributed by atoms with Crippen LogP contribution in [0.25, 0.3) is 11.1 Å². The number of hydrogen-bond donors (Lipinski definition) is 0. The van der Waals surface area contributed by atoms with Gasteiger partial charge in [0.1, 0.15) is 11.5 Å². The van der Waals surface area contributed by atoms with Crippen LogP contribution in [0, 0.1) is 66.2 Å². The molecular weight excluding hydrogens is 775 g/mol. The lowest BCUT2D eigenvalue weighted by Gasteiger charge is -2.30. The Labute approximate surface area is 361 Å². The first-order valence-electron chi connectivity index (χ1n) is 20.7. The summed E-state index contributed by atoms with van der Waals surface area (Å²) in [6.07, 6.45) is 0. The lowest BCUT2D eigenvalue weighted by atomic mass is 9.96. The highest BCUT2D eigenvalue weighted by atomic mass is 31.1. The first-order valence-corrected chi connectivity index (χ1v) is 23.4. The number of carbonyl (C=O) groups excluding carboxylic acids is 2. The minimum atomic E-state index is -1.27. The van der Waals surface area contributed by atoms with Crippen LogP contribution in [-0.2, 0) is 9.59 Å². The average Bonchev–Trinajstić information content (AvgIpc) is 3.10. The predicted molar refractivity (Wildman–Crippen MR) is 257 cm³/mol. The van der Waals surface area contributed by atoms with Crippen molar-refractivity contribution in [2.75, 3.05) is 0 Å². The summed E-state index contributed by atoms with van der Waals surface area (Å²) in [5, 5.41) is 6.76. The van der Waals surface area contributed by atoms with Crippen LogP contribution in [0.5, 0.6) is 11.5 Å². The van der Waals surface area contributed by atoms with Crippen molar-refractivity contribution in [2.45, 2.75) is 96.9 Å². The first kappa shape index (κ1) is 44.7. The number of esters is 2. The Bertz CT molecular complexity index is 2240. The number of rotatable bonds is 9. The zero-order chi connectivity index (χ0) is 43.8. The fourth-order valence-corrected chi connectivity index (χ4v) is 13.5. The summed E-state index contributed by atoms with van der Waals surface area (Å²) in [5.41, 5.74) is 9.33. The van der Waals surface area contributed by atoms with Crippen LogP contribution in [0.2, 0.25) is 0 Å². The Balaban J connectivity index is 1.85. The lowest BCUT2D eigenvalue weighted by Crippen LogP contribution is -2.30. The molecule has 0 N–H and O–H groups in total. The predicted octanol–water partition coefficient (Wildman–Crippen LogP) is 11.2. The molecule has 6 aromatic rings. The molecule has 0 aromatic heterocycles. The van der Waals surface area contributed by atoms with E-state index in [9.17, 15) is 9.59 Å². The Hall–Kier alpha value is -4.88.